The van der Waals surface area contributed by atoms with E-state index in [4.69, 9.17) is 5.84 Å². The van der Waals surface area contributed by atoms with E-state index in [-0.39, 0.29) is 11.8 Å². The van der Waals surface area contributed by atoms with Crippen molar-refractivity contribution in [1.82, 2.24) is 10.7 Å². The highest BCUT2D eigenvalue weighted by molar-refractivity contribution is 7.14. The van der Waals surface area contributed by atoms with Gasteiger partial charge in [0.25, 0.3) is 5.91 Å². The van der Waals surface area contributed by atoms with Gasteiger partial charge in [-0.25, -0.2) is 5.84 Å². The zero-order valence-electron chi connectivity index (χ0n) is 8.66. The fourth-order valence-corrected chi connectivity index (χ4v) is 1.68. The molecule has 84 valence electrons. The van der Waals surface area contributed by atoms with Crippen LogP contribution < -0.4 is 16.6 Å². The molecular weight excluding hydrogens is 226 g/mol. The maximum atomic E-state index is 11.1. The van der Waals surface area contributed by atoms with Gasteiger partial charge in [0.15, 0.2) is 0 Å². The van der Waals surface area contributed by atoms with Gasteiger partial charge in [0, 0.05) is 6.92 Å². The summed E-state index contributed by atoms with van der Waals surface area (Å²) in [7, 11) is 0. The van der Waals surface area contributed by atoms with Gasteiger partial charge in [-0.1, -0.05) is 11.8 Å². The van der Waals surface area contributed by atoms with Gasteiger partial charge in [-0.15, -0.1) is 11.3 Å². The molecule has 0 saturated heterocycles. The minimum Gasteiger partial charge on any atom is -0.345 e. The van der Waals surface area contributed by atoms with Crippen LogP contribution in [0.1, 0.15) is 21.5 Å². The molecule has 0 aromatic carbocycles. The predicted octanol–water partition coefficient (Wildman–Crippen LogP) is -0.161. The number of carbonyl (C=O) groups excluding carboxylic acids is 2. The Labute approximate surface area is 97.0 Å². The normalized spacial score (nSPS) is 8.88. The van der Waals surface area contributed by atoms with E-state index in [1.54, 1.807) is 12.1 Å². The second kappa shape index (κ2) is 5.90. The van der Waals surface area contributed by atoms with Crippen molar-refractivity contribution in [2.45, 2.75) is 6.92 Å². The first-order valence-electron chi connectivity index (χ1n) is 4.47. The SMILES string of the molecule is CC(=O)NCC#Cc1ccc(C(=O)NN)s1. The average Bonchev–Trinajstić information content (AvgIpc) is 2.71. The molecule has 5 nitrogen and oxygen atoms in total. The molecule has 0 unspecified atom stereocenters. The summed E-state index contributed by atoms with van der Waals surface area (Å²) < 4.78 is 0. The smallest absolute Gasteiger partial charge is 0.275 e. The molecule has 0 aliphatic heterocycles. The van der Waals surface area contributed by atoms with Gasteiger partial charge in [0.2, 0.25) is 5.91 Å². The molecule has 1 rings (SSSR count). The summed E-state index contributed by atoms with van der Waals surface area (Å²) in [5.74, 6) is 10.1. The first-order valence-corrected chi connectivity index (χ1v) is 5.29. The van der Waals surface area contributed by atoms with Crippen LogP contribution in [0.5, 0.6) is 0 Å². The van der Waals surface area contributed by atoms with Gasteiger partial charge in [0.1, 0.15) is 0 Å². The third-order valence-electron chi connectivity index (χ3n) is 1.60. The summed E-state index contributed by atoms with van der Waals surface area (Å²) in [6.45, 7) is 1.72. The number of nitrogens with two attached hydrogens (primary N) is 1. The predicted molar refractivity (Wildman–Crippen MR) is 61.5 cm³/mol. The Hall–Kier alpha value is -1.84. The average molecular weight is 237 g/mol. The van der Waals surface area contributed by atoms with Crippen molar-refractivity contribution in [3.05, 3.63) is 21.9 Å². The zero-order chi connectivity index (χ0) is 12.0. The lowest BCUT2D eigenvalue weighted by Gasteiger charge is -1.91. The molecule has 16 heavy (non-hydrogen) atoms. The quantitative estimate of drug-likeness (QED) is 0.289. The molecule has 6 heteroatoms. The Balaban J connectivity index is 2.58. The van der Waals surface area contributed by atoms with Crippen LogP contribution in [0.3, 0.4) is 0 Å². The van der Waals surface area contributed by atoms with Crippen LogP contribution in [0.2, 0.25) is 0 Å². The molecule has 0 atom stereocenters. The lowest BCUT2D eigenvalue weighted by molar-refractivity contribution is -0.118. The maximum Gasteiger partial charge on any atom is 0.275 e. The summed E-state index contributed by atoms with van der Waals surface area (Å²) in [6.07, 6.45) is 0. The highest BCUT2D eigenvalue weighted by Crippen LogP contribution is 2.14. The molecule has 0 aliphatic rings. The third-order valence-corrected chi connectivity index (χ3v) is 2.60. The number of amides is 2. The summed E-state index contributed by atoms with van der Waals surface area (Å²) >= 11 is 1.25. The molecule has 2 amide bonds. The number of thiophene rings is 1. The minimum atomic E-state index is -0.333. The second-order valence-corrected chi connectivity index (χ2v) is 3.93. The van der Waals surface area contributed by atoms with Gasteiger partial charge >= 0.3 is 0 Å². The van der Waals surface area contributed by atoms with Crippen molar-refractivity contribution < 1.29 is 9.59 Å². The molecule has 1 heterocycles. The Morgan fingerprint density at radius 3 is 2.88 bits per heavy atom. The van der Waals surface area contributed by atoms with Crippen LogP contribution in [-0.2, 0) is 4.79 Å². The topological polar surface area (TPSA) is 84.2 Å². The number of hydrogen-bond donors (Lipinski definition) is 3. The van der Waals surface area contributed by atoms with Crippen LogP contribution in [0.15, 0.2) is 12.1 Å². The van der Waals surface area contributed by atoms with E-state index in [2.05, 4.69) is 17.2 Å². The van der Waals surface area contributed by atoms with Crippen molar-refractivity contribution in [2.75, 3.05) is 6.54 Å². The van der Waals surface area contributed by atoms with Crippen molar-refractivity contribution >= 4 is 23.2 Å². The van der Waals surface area contributed by atoms with Crippen molar-refractivity contribution in [3.8, 4) is 11.8 Å². The van der Waals surface area contributed by atoms with Gasteiger partial charge in [0.05, 0.1) is 16.3 Å². The molecule has 0 bridgehead atoms. The number of nitrogen functional groups attached to an aromatic ring is 1. The van der Waals surface area contributed by atoms with Crippen LogP contribution in [-0.4, -0.2) is 18.4 Å². The fraction of sp³-hybridized carbons (Fsp3) is 0.200. The Bertz CT molecular complexity index is 456. The van der Waals surface area contributed by atoms with Crippen molar-refractivity contribution in [3.63, 3.8) is 0 Å². The van der Waals surface area contributed by atoms with E-state index in [0.717, 1.165) is 4.88 Å². The minimum absolute atomic E-state index is 0.122. The number of hydrogen-bond acceptors (Lipinski definition) is 4. The maximum absolute atomic E-state index is 11.1. The van der Waals surface area contributed by atoms with E-state index in [1.807, 2.05) is 5.43 Å². The molecule has 0 spiro atoms. The summed E-state index contributed by atoms with van der Waals surface area (Å²) in [6, 6.07) is 3.38. The van der Waals surface area contributed by atoms with Gasteiger partial charge < -0.3 is 5.32 Å². The van der Waals surface area contributed by atoms with Crippen LogP contribution in [0.25, 0.3) is 0 Å². The first kappa shape index (κ1) is 12.2. The number of nitrogens with one attached hydrogen (secondary N) is 2. The van der Waals surface area contributed by atoms with Crippen LogP contribution in [0, 0.1) is 11.8 Å². The van der Waals surface area contributed by atoms with Gasteiger partial charge in [-0.3, -0.25) is 15.0 Å². The van der Waals surface area contributed by atoms with Gasteiger partial charge in [-0.05, 0) is 12.1 Å². The van der Waals surface area contributed by atoms with E-state index in [0.29, 0.717) is 11.4 Å². The number of carbonyl (C=O) groups is 2. The largest absolute Gasteiger partial charge is 0.345 e. The molecule has 0 aliphatic carbocycles. The Kier molecular flexibility index (Phi) is 4.51. The first-order chi connectivity index (χ1) is 7.63. The zero-order valence-corrected chi connectivity index (χ0v) is 9.48. The molecular formula is C10H11N3O2S. The Morgan fingerprint density at radius 2 is 2.25 bits per heavy atom. The molecule has 0 radical (unpaired) electrons. The summed E-state index contributed by atoms with van der Waals surface area (Å²) in [5, 5.41) is 2.55. The van der Waals surface area contributed by atoms with E-state index < -0.39 is 0 Å². The van der Waals surface area contributed by atoms with E-state index >= 15 is 0 Å². The number of rotatable bonds is 2. The molecule has 4 N–H and O–H groups in total. The van der Waals surface area contributed by atoms with Gasteiger partial charge in [-0.2, -0.15) is 0 Å². The van der Waals surface area contributed by atoms with Crippen molar-refractivity contribution in [1.29, 1.82) is 0 Å². The number of hydrazine groups is 1. The summed E-state index contributed by atoms with van der Waals surface area (Å²) in [4.78, 5) is 22.9. The Morgan fingerprint density at radius 1 is 1.50 bits per heavy atom. The summed E-state index contributed by atoms with van der Waals surface area (Å²) in [5.41, 5.74) is 2.04. The highest BCUT2D eigenvalue weighted by Gasteiger charge is 2.05. The lowest BCUT2D eigenvalue weighted by Crippen LogP contribution is -2.29. The molecule has 1 aromatic rings. The molecule has 0 fully saturated rings. The third kappa shape index (κ3) is 3.73. The van der Waals surface area contributed by atoms with E-state index in [9.17, 15) is 9.59 Å². The van der Waals surface area contributed by atoms with Crippen LogP contribution >= 0.6 is 11.3 Å². The standard InChI is InChI=1S/C10H11N3O2S/c1-7(14)12-6-2-3-8-4-5-9(16-8)10(15)13-11/h4-5H,6,11H2,1H3,(H,12,14)(H,13,15). The lowest BCUT2D eigenvalue weighted by atomic mass is 10.4. The molecule has 0 saturated carbocycles. The second-order valence-electron chi connectivity index (χ2n) is 2.85. The van der Waals surface area contributed by atoms with Crippen molar-refractivity contribution in [2.24, 2.45) is 5.84 Å². The van der Waals surface area contributed by atoms with Crippen LogP contribution in [0.4, 0.5) is 0 Å². The molecule has 1 aromatic heterocycles. The fourth-order valence-electron chi connectivity index (χ4n) is 0.898. The highest BCUT2D eigenvalue weighted by atomic mass is 32.1. The monoisotopic (exact) mass is 237 g/mol. The van der Waals surface area contributed by atoms with E-state index in [1.165, 1.54) is 18.3 Å².